The minimum atomic E-state index is -4.00. The summed E-state index contributed by atoms with van der Waals surface area (Å²) in [5.41, 5.74) is 0.794. The molecule has 1 heterocycles. The van der Waals surface area contributed by atoms with Gasteiger partial charge in [-0.05, 0) is 38.0 Å². The lowest BCUT2D eigenvalue weighted by Crippen LogP contribution is -2.45. The Labute approximate surface area is 178 Å². The van der Waals surface area contributed by atoms with Crippen molar-refractivity contribution < 1.29 is 13.2 Å². The molecule has 0 aliphatic heterocycles. The fourth-order valence-corrected chi connectivity index (χ4v) is 6.38. The molecule has 1 aliphatic carbocycles. The molecule has 3 rings (SSSR count). The molecule has 0 bridgehead atoms. The molecule has 152 valence electrons. The zero-order chi connectivity index (χ0) is 20.3. The summed E-state index contributed by atoms with van der Waals surface area (Å²) < 4.78 is 28.0. The lowest BCUT2D eigenvalue weighted by Gasteiger charge is -2.33. The average molecular weight is 462 g/mol. The Morgan fingerprint density at radius 2 is 2.00 bits per heavy atom. The number of thiazole rings is 1. The zero-order valence-electron chi connectivity index (χ0n) is 15.3. The van der Waals surface area contributed by atoms with E-state index in [0.717, 1.165) is 25.0 Å². The predicted molar refractivity (Wildman–Crippen MR) is 113 cm³/mol. The molecule has 1 N–H and O–H groups in total. The van der Waals surface area contributed by atoms with E-state index in [0.29, 0.717) is 18.0 Å². The van der Waals surface area contributed by atoms with Gasteiger partial charge in [-0.25, -0.2) is 13.4 Å². The Balaban J connectivity index is 1.89. The SMILES string of the molecule is Cc1csc(NC(=O)CN(C2CCCCC2)S(=O)(=O)c2cc(Cl)ccc2Cl)n1. The van der Waals surface area contributed by atoms with E-state index in [4.69, 9.17) is 23.2 Å². The van der Waals surface area contributed by atoms with Crippen LogP contribution in [0.25, 0.3) is 0 Å². The molecule has 0 saturated heterocycles. The number of carbonyl (C=O) groups is 1. The molecule has 28 heavy (non-hydrogen) atoms. The summed E-state index contributed by atoms with van der Waals surface area (Å²) >= 11 is 13.5. The topological polar surface area (TPSA) is 79.4 Å². The van der Waals surface area contributed by atoms with Gasteiger partial charge in [0.2, 0.25) is 15.9 Å². The highest BCUT2D eigenvalue weighted by atomic mass is 35.5. The highest BCUT2D eigenvalue weighted by molar-refractivity contribution is 7.89. The van der Waals surface area contributed by atoms with Gasteiger partial charge in [-0.2, -0.15) is 4.31 Å². The maximum Gasteiger partial charge on any atom is 0.245 e. The number of amides is 1. The number of nitrogens with one attached hydrogen (secondary N) is 1. The second-order valence-electron chi connectivity index (χ2n) is 6.76. The predicted octanol–water partition coefficient (Wildman–Crippen LogP) is 4.72. The van der Waals surface area contributed by atoms with Gasteiger partial charge in [0.05, 0.1) is 17.3 Å². The standard InChI is InChI=1S/C18H21Cl2N3O3S2/c1-12-11-27-18(21-12)22-17(24)10-23(14-5-3-2-4-6-14)28(25,26)16-9-13(19)7-8-15(16)20/h7-9,11,14H,2-6,10H2,1H3,(H,21,22,24). The van der Waals surface area contributed by atoms with Crippen molar-refractivity contribution in [3.05, 3.63) is 39.3 Å². The molecule has 2 aromatic rings. The van der Waals surface area contributed by atoms with E-state index in [1.165, 1.54) is 33.8 Å². The first-order chi connectivity index (χ1) is 13.3. The Morgan fingerprint density at radius 3 is 2.64 bits per heavy atom. The number of rotatable bonds is 6. The summed E-state index contributed by atoms with van der Waals surface area (Å²) in [5.74, 6) is -0.429. The van der Waals surface area contributed by atoms with Crippen LogP contribution in [0.1, 0.15) is 37.8 Å². The van der Waals surface area contributed by atoms with Gasteiger partial charge in [-0.15, -0.1) is 11.3 Å². The van der Waals surface area contributed by atoms with Gasteiger partial charge >= 0.3 is 0 Å². The third-order valence-corrected chi connectivity index (χ3v) is 8.12. The smallest absolute Gasteiger partial charge is 0.245 e. The third-order valence-electron chi connectivity index (χ3n) is 4.63. The minimum absolute atomic E-state index is 0.0786. The van der Waals surface area contributed by atoms with Crippen molar-refractivity contribution >= 4 is 55.6 Å². The molecule has 0 spiro atoms. The summed E-state index contributed by atoms with van der Waals surface area (Å²) in [6.45, 7) is 1.53. The van der Waals surface area contributed by atoms with Crippen LogP contribution in [0, 0.1) is 6.92 Å². The monoisotopic (exact) mass is 461 g/mol. The van der Waals surface area contributed by atoms with Crippen molar-refractivity contribution in [2.75, 3.05) is 11.9 Å². The summed E-state index contributed by atoms with van der Waals surface area (Å²) in [5, 5.41) is 5.31. The first-order valence-corrected chi connectivity index (χ1v) is 12.0. The van der Waals surface area contributed by atoms with Crippen LogP contribution >= 0.6 is 34.5 Å². The van der Waals surface area contributed by atoms with Crippen LogP contribution in [0.2, 0.25) is 10.0 Å². The number of carbonyl (C=O) groups excluding carboxylic acids is 1. The van der Waals surface area contributed by atoms with E-state index < -0.39 is 15.9 Å². The van der Waals surface area contributed by atoms with Crippen molar-refractivity contribution in [1.82, 2.24) is 9.29 Å². The molecule has 0 atom stereocenters. The van der Waals surface area contributed by atoms with E-state index >= 15 is 0 Å². The van der Waals surface area contributed by atoms with Gasteiger partial charge in [0.15, 0.2) is 5.13 Å². The summed E-state index contributed by atoms with van der Waals surface area (Å²) in [7, 11) is -4.00. The van der Waals surface area contributed by atoms with Gasteiger partial charge in [0.25, 0.3) is 0 Å². The lowest BCUT2D eigenvalue weighted by molar-refractivity contribution is -0.116. The molecular formula is C18H21Cl2N3O3S2. The Kier molecular flexibility index (Phi) is 6.98. The van der Waals surface area contributed by atoms with Crippen LogP contribution < -0.4 is 5.32 Å². The third kappa shape index (κ3) is 5.04. The van der Waals surface area contributed by atoms with Crippen molar-refractivity contribution in [3.8, 4) is 0 Å². The maximum absolute atomic E-state index is 13.4. The van der Waals surface area contributed by atoms with Crippen molar-refractivity contribution in [2.45, 2.75) is 50.0 Å². The van der Waals surface area contributed by atoms with Crippen molar-refractivity contribution in [2.24, 2.45) is 0 Å². The van der Waals surface area contributed by atoms with Crippen molar-refractivity contribution in [1.29, 1.82) is 0 Å². The zero-order valence-corrected chi connectivity index (χ0v) is 18.5. The molecule has 10 heteroatoms. The quantitative estimate of drug-likeness (QED) is 0.674. The number of aromatic nitrogens is 1. The largest absolute Gasteiger partial charge is 0.301 e. The molecule has 1 aliphatic rings. The van der Waals surface area contributed by atoms with Crippen LogP contribution in [-0.4, -0.2) is 36.2 Å². The molecule has 0 unspecified atom stereocenters. The van der Waals surface area contributed by atoms with Gasteiger partial charge in [-0.3, -0.25) is 4.79 Å². The first kappa shape index (κ1) is 21.5. The van der Waals surface area contributed by atoms with Gasteiger partial charge in [-0.1, -0.05) is 42.5 Å². The normalized spacial score (nSPS) is 15.7. The Bertz CT molecular complexity index is 957. The molecule has 1 saturated carbocycles. The molecular weight excluding hydrogens is 441 g/mol. The van der Waals surface area contributed by atoms with Crippen molar-refractivity contribution in [3.63, 3.8) is 0 Å². The fraction of sp³-hybridized carbons (Fsp3) is 0.444. The van der Waals surface area contributed by atoms with Crippen LogP contribution in [0.4, 0.5) is 5.13 Å². The summed E-state index contributed by atoms with van der Waals surface area (Å²) in [6.07, 6.45) is 4.33. The first-order valence-electron chi connectivity index (χ1n) is 8.96. The second-order valence-corrected chi connectivity index (χ2v) is 10.3. The molecule has 1 aromatic heterocycles. The fourth-order valence-electron chi connectivity index (χ4n) is 3.29. The number of halogens is 2. The Hall–Kier alpha value is -1.19. The van der Waals surface area contributed by atoms with Gasteiger partial charge in [0, 0.05) is 16.4 Å². The summed E-state index contributed by atoms with van der Waals surface area (Å²) in [4.78, 5) is 16.7. The number of sulfonamides is 1. The number of anilines is 1. The highest BCUT2D eigenvalue weighted by Gasteiger charge is 2.35. The van der Waals surface area contributed by atoms with Crippen LogP contribution in [-0.2, 0) is 14.8 Å². The van der Waals surface area contributed by atoms with Crippen LogP contribution in [0.3, 0.4) is 0 Å². The van der Waals surface area contributed by atoms with E-state index in [2.05, 4.69) is 10.3 Å². The molecule has 1 amide bonds. The average Bonchev–Trinajstić information content (AvgIpc) is 3.06. The van der Waals surface area contributed by atoms with Crippen LogP contribution in [0.15, 0.2) is 28.5 Å². The number of nitrogens with zero attached hydrogens (tertiary/aromatic N) is 2. The van der Waals surface area contributed by atoms with Gasteiger partial charge in [0.1, 0.15) is 4.90 Å². The Morgan fingerprint density at radius 1 is 1.29 bits per heavy atom. The maximum atomic E-state index is 13.4. The van der Waals surface area contributed by atoms with Crippen LogP contribution in [0.5, 0.6) is 0 Å². The number of aryl methyl sites for hydroxylation is 1. The minimum Gasteiger partial charge on any atom is -0.301 e. The lowest BCUT2D eigenvalue weighted by atomic mass is 9.95. The number of hydrogen-bond donors (Lipinski definition) is 1. The number of benzene rings is 1. The van der Waals surface area contributed by atoms with Gasteiger partial charge < -0.3 is 5.32 Å². The second kappa shape index (κ2) is 9.09. The number of hydrogen-bond acceptors (Lipinski definition) is 5. The van der Waals surface area contributed by atoms with E-state index in [9.17, 15) is 13.2 Å². The highest BCUT2D eigenvalue weighted by Crippen LogP contribution is 2.32. The molecule has 1 fully saturated rings. The summed E-state index contributed by atoms with van der Waals surface area (Å²) in [6, 6.07) is 4.06. The van der Waals surface area contributed by atoms with E-state index in [1.54, 1.807) is 0 Å². The molecule has 0 radical (unpaired) electrons. The molecule has 1 aromatic carbocycles. The van der Waals surface area contributed by atoms with E-state index in [1.807, 2.05) is 12.3 Å². The van der Waals surface area contributed by atoms with E-state index in [-0.39, 0.29) is 27.5 Å². The molecule has 6 nitrogen and oxygen atoms in total.